The highest BCUT2D eigenvalue weighted by Crippen LogP contribution is 2.19. The van der Waals surface area contributed by atoms with E-state index in [1.54, 1.807) is 13.0 Å². The first kappa shape index (κ1) is 23.6. The molecule has 2 heterocycles. The smallest absolute Gasteiger partial charge is 0.277 e. The maximum atomic E-state index is 13.5. The van der Waals surface area contributed by atoms with E-state index in [9.17, 15) is 23.2 Å². The van der Waals surface area contributed by atoms with Crippen LogP contribution in [0.1, 0.15) is 34.8 Å². The van der Waals surface area contributed by atoms with Crippen molar-refractivity contribution in [3.63, 3.8) is 0 Å². The van der Waals surface area contributed by atoms with Gasteiger partial charge in [-0.15, -0.1) is 0 Å². The minimum Gasteiger partial charge on any atom is -0.320 e. The van der Waals surface area contributed by atoms with E-state index in [0.717, 1.165) is 0 Å². The van der Waals surface area contributed by atoms with Gasteiger partial charge in [0.2, 0.25) is 5.91 Å². The third-order valence-electron chi connectivity index (χ3n) is 5.25. The maximum absolute atomic E-state index is 13.5. The molecule has 4 aromatic rings. The Kier molecular flexibility index (Phi) is 6.86. The summed E-state index contributed by atoms with van der Waals surface area (Å²) in [6.07, 6.45) is 4.32. The topological polar surface area (TPSA) is 93.9 Å². The summed E-state index contributed by atoms with van der Waals surface area (Å²) in [6, 6.07) is 12.2. The number of ketones is 1. The van der Waals surface area contributed by atoms with Crippen molar-refractivity contribution in [3.8, 4) is 11.4 Å². The molecule has 0 spiro atoms. The molecule has 0 saturated heterocycles. The Hall–Kier alpha value is -4.53. The summed E-state index contributed by atoms with van der Waals surface area (Å²) in [7, 11) is 0. The van der Waals surface area contributed by atoms with Gasteiger partial charge in [-0.3, -0.25) is 23.9 Å². The quantitative estimate of drug-likeness (QED) is 0.405. The molecule has 7 nitrogen and oxygen atoms in total. The second-order valence-electron chi connectivity index (χ2n) is 7.71. The van der Waals surface area contributed by atoms with Gasteiger partial charge in [0, 0.05) is 35.5 Å². The lowest BCUT2D eigenvalue weighted by Gasteiger charge is -2.15. The second kappa shape index (κ2) is 10.2. The number of halogens is 2. The van der Waals surface area contributed by atoms with Crippen molar-refractivity contribution < 1.29 is 18.4 Å². The number of pyridine rings is 1. The third kappa shape index (κ3) is 5.35. The maximum Gasteiger partial charge on any atom is 0.277 e. The first-order chi connectivity index (χ1) is 16.9. The van der Waals surface area contributed by atoms with Crippen LogP contribution in [0.5, 0.6) is 0 Å². The van der Waals surface area contributed by atoms with Crippen LogP contribution in [0.15, 0.2) is 78.0 Å². The predicted molar refractivity (Wildman–Crippen MR) is 126 cm³/mol. The molecule has 0 aliphatic carbocycles. The van der Waals surface area contributed by atoms with E-state index in [-0.39, 0.29) is 41.7 Å². The summed E-state index contributed by atoms with van der Waals surface area (Å²) >= 11 is 0. The number of hydrogen-bond acceptors (Lipinski definition) is 5. The molecule has 0 radical (unpaired) electrons. The lowest BCUT2D eigenvalue weighted by atomic mass is 10.0. The van der Waals surface area contributed by atoms with Crippen molar-refractivity contribution in [2.24, 2.45) is 0 Å². The molecule has 0 aliphatic rings. The number of nitrogens with zero attached hydrogens (tertiary/aromatic N) is 3. The molecule has 9 heteroatoms. The Morgan fingerprint density at radius 1 is 0.914 bits per heavy atom. The zero-order valence-corrected chi connectivity index (χ0v) is 18.7. The van der Waals surface area contributed by atoms with Gasteiger partial charge in [0.25, 0.3) is 5.56 Å². The summed E-state index contributed by atoms with van der Waals surface area (Å²) in [5.41, 5.74) is 1.03. The fourth-order valence-electron chi connectivity index (χ4n) is 3.44. The third-order valence-corrected chi connectivity index (χ3v) is 5.25. The zero-order valence-electron chi connectivity index (χ0n) is 18.7. The number of hydrogen-bond donors (Lipinski definition) is 1. The van der Waals surface area contributed by atoms with Crippen LogP contribution < -0.4 is 10.9 Å². The van der Waals surface area contributed by atoms with Gasteiger partial charge in [-0.2, -0.15) is 0 Å². The SMILES string of the molecule is CCC(=O)Nc1cnc(-c2ccc(F)cc2)n(Cc2cncc(C(=O)c3ccc(F)cc3)c2)c1=O. The van der Waals surface area contributed by atoms with Gasteiger partial charge >= 0.3 is 0 Å². The predicted octanol–water partition coefficient (Wildman–Crippen LogP) is 4.21. The van der Waals surface area contributed by atoms with Gasteiger partial charge in [0.1, 0.15) is 23.1 Å². The number of carbonyl (C=O) groups is 2. The number of benzene rings is 2. The molecule has 1 N–H and O–H groups in total. The van der Waals surface area contributed by atoms with E-state index in [1.807, 2.05) is 0 Å². The fraction of sp³-hybridized carbons (Fsp3) is 0.115. The highest BCUT2D eigenvalue weighted by atomic mass is 19.1. The van der Waals surface area contributed by atoms with Crippen molar-refractivity contribution in [3.05, 3.63) is 112 Å². The van der Waals surface area contributed by atoms with Crippen molar-refractivity contribution in [1.29, 1.82) is 0 Å². The highest BCUT2D eigenvalue weighted by molar-refractivity contribution is 6.08. The van der Waals surface area contributed by atoms with E-state index in [2.05, 4.69) is 15.3 Å². The van der Waals surface area contributed by atoms with Crippen LogP contribution in [0, 0.1) is 11.6 Å². The molecule has 0 unspecified atom stereocenters. The molecule has 1 amide bonds. The van der Waals surface area contributed by atoms with E-state index in [1.165, 1.54) is 71.7 Å². The molecule has 2 aromatic carbocycles. The van der Waals surface area contributed by atoms with Gasteiger partial charge < -0.3 is 5.32 Å². The molecule has 0 bridgehead atoms. The van der Waals surface area contributed by atoms with E-state index >= 15 is 0 Å². The minimum absolute atomic E-state index is 0.00536. The molecule has 176 valence electrons. The van der Waals surface area contributed by atoms with E-state index in [0.29, 0.717) is 16.7 Å². The standard InChI is InChI=1S/C26H20F2N4O3/c1-2-23(33)31-22-14-30-25(18-5-9-21(28)10-6-18)32(26(22)35)15-16-11-19(13-29-12-16)24(34)17-3-7-20(27)8-4-17/h3-14H,2,15H2,1H3,(H,31,33). The number of carbonyl (C=O) groups excluding carboxylic acids is 2. The van der Waals surface area contributed by atoms with Crippen molar-refractivity contribution >= 4 is 17.4 Å². The largest absolute Gasteiger partial charge is 0.320 e. The van der Waals surface area contributed by atoms with Gasteiger partial charge in [0.05, 0.1) is 12.7 Å². The molecule has 0 saturated carbocycles. The molecule has 0 fully saturated rings. The summed E-state index contributed by atoms with van der Waals surface area (Å²) in [4.78, 5) is 46.4. The molecule has 0 atom stereocenters. The summed E-state index contributed by atoms with van der Waals surface area (Å²) < 4.78 is 28.0. The summed E-state index contributed by atoms with van der Waals surface area (Å²) in [6.45, 7) is 1.63. The van der Waals surface area contributed by atoms with Gasteiger partial charge in [-0.05, 0) is 60.2 Å². The number of amides is 1. The Morgan fingerprint density at radius 3 is 2.23 bits per heavy atom. The fourth-order valence-corrected chi connectivity index (χ4v) is 3.44. The summed E-state index contributed by atoms with van der Waals surface area (Å²) in [5, 5.41) is 2.53. The molecule has 35 heavy (non-hydrogen) atoms. The number of rotatable bonds is 7. The molecule has 0 aliphatic heterocycles. The van der Waals surface area contributed by atoms with Crippen LogP contribution >= 0.6 is 0 Å². The Morgan fingerprint density at radius 2 is 1.57 bits per heavy atom. The Balaban J connectivity index is 1.75. The first-order valence-corrected chi connectivity index (χ1v) is 10.8. The monoisotopic (exact) mass is 474 g/mol. The van der Waals surface area contributed by atoms with Crippen LogP contribution in [0.2, 0.25) is 0 Å². The Labute approximate surface area is 199 Å². The average molecular weight is 474 g/mol. The lowest BCUT2D eigenvalue weighted by molar-refractivity contribution is -0.115. The van der Waals surface area contributed by atoms with Crippen LogP contribution in [0.25, 0.3) is 11.4 Å². The average Bonchev–Trinajstić information content (AvgIpc) is 2.87. The van der Waals surface area contributed by atoms with Crippen molar-refractivity contribution in [2.45, 2.75) is 19.9 Å². The second-order valence-corrected chi connectivity index (χ2v) is 7.71. The normalized spacial score (nSPS) is 10.7. The first-order valence-electron chi connectivity index (χ1n) is 10.8. The van der Waals surface area contributed by atoms with E-state index in [4.69, 9.17) is 0 Å². The molecular formula is C26H20F2N4O3. The van der Waals surface area contributed by atoms with Crippen LogP contribution in [0.4, 0.5) is 14.5 Å². The van der Waals surface area contributed by atoms with Crippen LogP contribution in [-0.4, -0.2) is 26.2 Å². The zero-order chi connectivity index (χ0) is 24.9. The minimum atomic E-state index is -0.517. The lowest BCUT2D eigenvalue weighted by Crippen LogP contribution is -2.28. The van der Waals surface area contributed by atoms with Crippen molar-refractivity contribution in [1.82, 2.24) is 14.5 Å². The van der Waals surface area contributed by atoms with Gasteiger partial charge in [-0.1, -0.05) is 6.92 Å². The number of nitrogens with one attached hydrogen (secondary N) is 1. The number of anilines is 1. The van der Waals surface area contributed by atoms with Crippen molar-refractivity contribution in [2.75, 3.05) is 5.32 Å². The Bertz CT molecular complexity index is 1450. The van der Waals surface area contributed by atoms with Crippen LogP contribution in [0.3, 0.4) is 0 Å². The van der Waals surface area contributed by atoms with Crippen LogP contribution in [-0.2, 0) is 11.3 Å². The van der Waals surface area contributed by atoms with Gasteiger partial charge in [-0.25, -0.2) is 13.8 Å². The number of aromatic nitrogens is 3. The van der Waals surface area contributed by atoms with Gasteiger partial charge in [0.15, 0.2) is 5.78 Å². The molecular weight excluding hydrogens is 454 g/mol. The highest BCUT2D eigenvalue weighted by Gasteiger charge is 2.16. The van der Waals surface area contributed by atoms with E-state index < -0.39 is 17.2 Å². The molecule has 4 rings (SSSR count). The molecule has 2 aromatic heterocycles. The summed E-state index contributed by atoms with van der Waals surface area (Å²) in [5.74, 6) is -1.35.